The first kappa shape index (κ1) is 30.6. The number of methoxy groups -OCH3 is 1. The molecule has 11 heteroatoms. The number of nitrogens with one attached hydrogen (secondary N) is 2. The average molecular weight is 588 g/mol. The third-order valence-electron chi connectivity index (χ3n) is 6.21. The first-order valence-corrected chi connectivity index (χ1v) is 13.7. The predicted octanol–water partition coefficient (Wildman–Crippen LogP) is 4.88. The molecule has 2 N–H and O–H groups in total. The number of nitrogens with zero attached hydrogens (tertiary/aromatic N) is 1. The zero-order valence-corrected chi connectivity index (χ0v) is 24.4. The second-order valence-corrected chi connectivity index (χ2v) is 9.49. The number of barbiturate groups is 1. The maximum absolute atomic E-state index is 13.5. The van der Waals surface area contributed by atoms with Crippen LogP contribution in [0.5, 0.6) is 23.0 Å². The third-order valence-corrected chi connectivity index (χ3v) is 6.21. The van der Waals surface area contributed by atoms with Crippen LogP contribution >= 0.6 is 0 Å². The number of aryl methyl sites for hydroxylation is 1. The Morgan fingerprint density at radius 1 is 0.907 bits per heavy atom. The largest absolute Gasteiger partial charge is 0.493 e. The molecule has 1 saturated heterocycles. The van der Waals surface area contributed by atoms with Crippen LogP contribution in [0.25, 0.3) is 6.08 Å². The number of rotatable bonds is 12. The number of ether oxygens (including phenoxy) is 4. The number of imide groups is 2. The molecule has 0 spiro atoms. The van der Waals surface area contributed by atoms with Crippen LogP contribution in [0.3, 0.4) is 0 Å². The third kappa shape index (κ3) is 7.50. The van der Waals surface area contributed by atoms with E-state index in [2.05, 4.69) is 10.6 Å². The van der Waals surface area contributed by atoms with Crippen LogP contribution in [-0.2, 0) is 14.4 Å². The van der Waals surface area contributed by atoms with E-state index in [9.17, 15) is 19.2 Å². The number of hydrogen-bond donors (Lipinski definition) is 2. The summed E-state index contributed by atoms with van der Waals surface area (Å²) in [5.74, 6) is -0.606. The molecule has 0 saturated carbocycles. The van der Waals surface area contributed by atoms with Crippen molar-refractivity contribution in [3.8, 4) is 23.0 Å². The van der Waals surface area contributed by atoms with Gasteiger partial charge in [-0.3, -0.25) is 19.7 Å². The molecule has 0 aliphatic carbocycles. The molecule has 1 aliphatic rings. The molecule has 1 heterocycles. The molecule has 43 heavy (non-hydrogen) atoms. The van der Waals surface area contributed by atoms with Crippen LogP contribution in [0.15, 0.2) is 66.2 Å². The summed E-state index contributed by atoms with van der Waals surface area (Å²) in [6.45, 7) is 6.24. The number of anilines is 2. The predicted molar refractivity (Wildman–Crippen MR) is 161 cm³/mol. The Hall–Kier alpha value is -5.32. The Balaban J connectivity index is 1.53. The summed E-state index contributed by atoms with van der Waals surface area (Å²) in [5.41, 5.74) is 2.03. The molecule has 11 nitrogen and oxygen atoms in total. The Kier molecular flexibility index (Phi) is 10.00. The van der Waals surface area contributed by atoms with Gasteiger partial charge in [0.15, 0.2) is 29.6 Å². The van der Waals surface area contributed by atoms with Crippen LogP contribution in [0.4, 0.5) is 16.2 Å². The van der Waals surface area contributed by atoms with E-state index in [1.54, 1.807) is 43.3 Å². The van der Waals surface area contributed by atoms with Crippen molar-refractivity contribution in [1.82, 2.24) is 5.32 Å². The topological polar surface area (TPSA) is 132 Å². The average Bonchev–Trinajstić information content (AvgIpc) is 2.98. The van der Waals surface area contributed by atoms with Gasteiger partial charge in [-0.15, -0.1) is 0 Å². The van der Waals surface area contributed by atoms with Gasteiger partial charge in [0.1, 0.15) is 5.57 Å². The van der Waals surface area contributed by atoms with Crippen LogP contribution in [0.1, 0.15) is 31.4 Å². The van der Waals surface area contributed by atoms with Gasteiger partial charge in [0.2, 0.25) is 0 Å². The van der Waals surface area contributed by atoms with Crippen LogP contribution in [0.2, 0.25) is 0 Å². The van der Waals surface area contributed by atoms with E-state index >= 15 is 0 Å². The van der Waals surface area contributed by atoms with Crippen LogP contribution < -0.4 is 34.5 Å². The van der Waals surface area contributed by atoms with E-state index in [4.69, 9.17) is 18.9 Å². The molecule has 1 aliphatic heterocycles. The quantitative estimate of drug-likeness (QED) is 0.227. The van der Waals surface area contributed by atoms with E-state index in [0.29, 0.717) is 36.0 Å². The van der Waals surface area contributed by atoms with Crippen LogP contribution in [0, 0.1) is 6.92 Å². The van der Waals surface area contributed by atoms with Crippen molar-refractivity contribution in [2.75, 3.05) is 37.1 Å². The first-order valence-electron chi connectivity index (χ1n) is 13.7. The maximum atomic E-state index is 13.5. The summed E-state index contributed by atoms with van der Waals surface area (Å²) in [5, 5.41) is 4.98. The van der Waals surface area contributed by atoms with Crippen molar-refractivity contribution in [2.45, 2.75) is 27.2 Å². The van der Waals surface area contributed by atoms with Crippen molar-refractivity contribution in [3.05, 3.63) is 77.4 Å². The minimum Gasteiger partial charge on any atom is -0.493 e. The number of amides is 5. The number of benzene rings is 3. The zero-order chi connectivity index (χ0) is 30.9. The molecular formula is C32H33N3O8. The summed E-state index contributed by atoms with van der Waals surface area (Å²) in [4.78, 5) is 52.2. The van der Waals surface area contributed by atoms with Crippen molar-refractivity contribution in [2.24, 2.45) is 0 Å². The van der Waals surface area contributed by atoms with E-state index in [1.165, 1.54) is 19.3 Å². The molecule has 0 bridgehead atoms. The van der Waals surface area contributed by atoms with Gasteiger partial charge in [-0.05, 0) is 73.9 Å². The molecule has 1 fully saturated rings. The molecule has 0 radical (unpaired) electrons. The van der Waals surface area contributed by atoms with E-state index in [0.717, 1.165) is 16.9 Å². The Labute approximate surface area is 249 Å². The second kappa shape index (κ2) is 14.0. The Bertz CT molecular complexity index is 1570. The molecule has 0 unspecified atom stereocenters. The highest BCUT2D eigenvalue weighted by atomic mass is 16.5. The monoisotopic (exact) mass is 587 g/mol. The van der Waals surface area contributed by atoms with E-state index in [-0.39, 0.29) is 35.3 Å². The molecule has 0 aromatic heterocycles. The van der Waals surface area contributed by atoms with Crippen molar-refractivity contribution >= 4 is 41.2 Å². The summed E-state index contributed by atoms with van der Waals surface area (Å²) >= 11 is 0. The summed E-state index contributed by atoms with van der Waals surface area (Å²) in [6, 6.07) is 15.9. The number of hydrogen-bond acceptors (Lipinski definition) is 8. The van der Waals surface area contributed by atoms with Gasteiger partial charge < -0.3 is 24.3 Å². The molecular weight excluding hydrogens is 554 g/mol. The van der Waals surface area contributed by atoms with Crippen LogP contribution in [-0.4, -0.2) is 50.7 Å². The summed E-state index contributed by atoms with van der Waals surface area (Å²) in [6.07, 6.45) is 2.13. The SMILES string of the molecule is CCCOc1ccc(N2C(=O)NC(=O)/C(=C\c3ccc(OCC(=O)Nc4cccc(C)c4)c(OC)c3)C2=O)cc1OCC. The summed E-state index contributed by atoms with van der Waals surface area (Å²) in [7, 11) is 1.43. The second-order valence-electron chi connectivity index (χ2n) is 9.49. The highest BCUT2D eigenvalue weighted by molar-refractivity contribution is 6.39. The molecule has 4 rings (SSSR count). The standard InChI is InChI=1S/C32H33N3O8/c1-5-14-42-26-13-11-23(18-28(26)41-6-2)35-31(38)24(30(37)34-32(35)39)16-21-10-12-25(27(17-21)40-4)43-19-29(36)33-22-9-7-8-20(3)15-22/h7-13,15-18H,5-6,14,19H2,1-4H3,(H,33,36)(H,34,37,39)/b24-16+. The molecule has 0 atom stereocenters. The molecule has 3 aromatic carbocycles. The highest BCUT2D eigenvalue weighted by Gasteiger charge is 2.37. The number of carbonyl (C=O) groups excluding carboxylic acids is 4. The lowest BCUT2D eigenvalue weighted by Crippen LogP contribution is -2.54. The minimum absolute atomic E-state index is 0.207. The fourth-order valence-corrected chi connectivity index (χ4v) is 4.25. The van der Waals surface area contributed by atoms with Crippen molar-refractivity contribution in [3.63, 3.8) is 0 Å². The van der Waals surface area contributed by atoms with Gasteiger partial charge in [-0.1, -0.05) is 25.1 Å². The van der Waals surface area contributed by atoms with Gasteiger partial charge in [0.05, 0.1) is 26.0 Å². The lowest BCUT2D eigenvalue weighted by molar-refractivity contribution is -0.122. The summed E-state index contributed by atoms with van der Waals surface area (Å²) < 4.78 is 22.4. The first-order chi connectivity index (χ1) is 20.7. The van der Waals surface area contributed by atoms with Gasteiger partial charge in [0.25, 0.3) is 17.7 Å². The smallest absolute Gasteiger partial charge is 0.335 e. The van der Waals surface area contributed by atoms with Gasteiger partial charge in [-0.25, -0.2) is 9.69 Å². The molecule has 5 amide bonds. The van der Waals surface area contributed by atoms with E-state index < -0.39 is 17.8 Å². The maximum Gasteiger partial charge on any atom is 0.335 e. The number of carbonyl (C=O) groups is 4. The lowest BCUT2D eigenvalue weighted by atomic mass is 10.1. The fraction of sp³-hybridized carbons (Fsp3) is 0.250. The highest BCUT2D eigenvalue weighted by Crippen LogP contribution is 2.34. The molecule has 224 valence electrons. The van der Waals surface area contributed by atoms with Gasteiger partial charge in [-0.2, -0.15) is 0 Å². The minimum atomic E-state index is -0.887. The van der Waals surface area contributed by atoms with Gasteiger partial charge in [0, 0.05) is 11.8 Å². The van der Waals surface area contributed by atoms with Gasteiger partial charge >= 0.3 is 6.03 Å². The van der Waals surface area contributed by atoms with Crippen molar-refractivity contribution < 1.29 is 38.1 Å². The fourth-order valence-electron chi connectivity index (χ4n) is 4.25. The number of urea groups is 1. The zero-order valence-electron chi connectivity index (χ0n) is 24.4. The molecule has 3 aromatic rings. The lowest BCUT2D eigenvalue weighted by Gasteiger charge is -2.27. The van der Waals surface area contributed by atoms with Crippen molar-refractivity contribution in [1.29, 1.82) is 0 Å². The Morgan fingerprint density at radius 3 is 2.40 bits per heavy atom. The normalized spacial score (nSPS) is 13.9. The Morgan fingerprint density at radius 2 is 1.67 bits per heavy atom. The van der Waals surface area contributed by atoms with E-state index in [1.807, 2.05) is 32.0 Å².